The van der Waals surface area contributed by atoms with E-state index in [1.54, 1.807) is 6.07 Å². The van der Waals surface area contributed by atoms with Crippen molar-refractivity contribution >= 4 is 17.5 Å². The number of aromatic nitrogens is 1. The third-order valence-electron chi connectivity index (χ3n) is 2.17. The minimum atomic E-state index is -0.438. The van der Waals surface area contributed by atoms with Gasteiger partial charge in [0.05, 0.1) is 23.0 Å². The van der Waals surface area contributed by atoms with Gasteiger partial charge in [0.15, 0.2) is 5.76 Å². The number of nitrogen functional groups attached to an aromatic ring is 1. The number of amides is 1. The van der Waals surface area contributed by atoms with Gasteiger partial charge in [0.1, 0.15) is 12.4 Å². The third kappa shape index (κ3) is 2.79. The first-order valence-electron chi connectivity index (χ1n) is 5.01. The number of carbonyl (C=O) groups is 1. The summed E-state index contributed by atoms with van der Waals surface area (Å²) in [5, 5.41) is 0.465. The molecule has 94 valence electrons. The second-order valence-corrected chi connectivity index (χ2v) is 3.79. The molecule has 2 rings (SSSR count). The lowest BCUT2D eigenvalue weighted by Crippen LogP contribution is -2.30. The Hall–Kier alpha value is -2.05. The van der Waals surface area contributed by atoms with E-state index in [0.29, 0.717) is 22.1 Å². The maximum absolute atomic E-state index is 11.4. The molecule has 0 atom stereocenters. The van der Waals surface area contributed by atoms with Crippen molar-refractivity contribution in [3.05, 3.63) is 47.1 Å². The summed E-state index contributed by atoms with van der Waals surface area (Å²) < 4.78 is 10.5. The van der Waals surface area contributed by atoms with Crippen LogP contribution in [0.3, 0.4) is 0 Å². The van der Waals surface area contributed by atoms with Gasteiger partial charge in [-0.15, -0.1) is 0 Å². The van der Waals surface area contributed by atoms with Gasteiger partial charge in [-0.25, -0.2) is 5.84 Å². The standard InChI is InChI=1S/C11H10ClN3O3/c12-7-3-8(5-14-4-7)18-6-10-9(1-2-17-10)11(16)15-13/h1-5H,6,13H2,(H,15,16). The fraction of sp³-hybridized carbons (Fsp3) is 0.0909. The van der Waals surface area contributed by atoms with E-state index in [4.69, 9.17) is 26.6 Å². The average Bonchev–Trinajstić information content (AvgIpc) is 2.84. The molecule has 0 aromatic carbocycles. The number of ether oxygens (including phenoxy) is 1. The number of pyridine rings is 1. The summed E-state index contributed by atoms with van der Waals surface area (Å²) in [6, 6.07) is 3.12. The van der Waals surface area contributed by atoms with E-state index in [9.17, 15) is 4.79 Å². The number of carbonyl (C=O) groups excluding carboxylic acids is 1. The highest BCUT2D eigenvalue weighted by Crippen LogP contribution is 2.18. The first kappa shape index (κ1) is 12.4. The highest BCUT2D eigenvalue weighted by molar-refractivity contribution is 6.30. The van der Waals surface area contributed by atoms with E-state index in [1.807, 2.05) is 5.43 Å². The van der Waals surface area contributed by atoms with E-state index in [1.165, 1.54) is 24.7 Å². The van der Waals surface area contributed by atoms with Crippen molar-refractivity contribution in [1.82, 2.24) is 10.4 Å². The van der Waals surface area contributed by atoms with Gasteiger partial charge in [-0.1, -0.05) is 11.6 Å². The van der Waals surface area contributed by atoms with Crippen LogP contribution in [0.2, 0.25) is 5.02 Å². The summed E-state index contributed by atoms with van der Waals surface area (Å²) in [6.45, 7) is 0.0811. The van der Waals surface area contributed by atoms with Crippen molar-refractivity contribution < 1.29 is 13.9 Å². The molecule has 2 aromatic rings. The number of nitrogens with one attached hydrogen (secondary N) is 1. The van der Waals surface area contributed by atoms with Crippen LogP contribution in [0.1, 0.15) is 16.1 Å². The van der Waals surface area contributed by atoms with Crippen LogP contribution in [0, 0.1) is 0 Å². The van der Waals surface area contributed by atoms with Crippen molar-refractivity contribution in [2.24, 2.45) is 5.84 Å². The molecule has 0 bridgehead atoms. The van der Waals surface area contributed by atoms with Crippen LogP contribution in [0.25, 0.3) is 0 Å². The second-order valence-electron chi connectivity index (χ2n) is 3.36. The lowest BCUT2D eigenvalue weighted by molar-refractivity contribution is 0.0949. The van der Waals surface area contributed by atoms with E-state index < -0.39 is 5.91 Å². The number of nitrogens with two attached hydrogens (primary N) is 1. The topological polar surface area (TPSA) is 90.4 Å². The molecule has 18 heavy (non-hydrogen) atoms. The summed E-state index contributed by atoms with van der Waals surface area (Å²) in [5.74, 6) is 5.47. The predicted octanol–water partition coefficient (Wildman–Crippen LogP) is 1.51. The molecule has 6 nitrogen and oxygen atoms in total. The number of halogens is 1. The zero-order valence-corrected chi connectivity index (χ0v) is 9.98. The quantitative estimate of drug-likeness (QED) is 0.498. The van der Waals surface area contributed by atoms with Crippen LogP contribution < -0.4 is 16.0 Å². The Morgan fingerprint density at radius 1 is 1.56 bits per heavy atom. The van der Waals surface area contributed by atoms with Crippen LogP contribution in [0.4, 0.5) is 0 Å². The van der Waals surface area contributed by atoms with Gasteiger partial charge in [-0.05, 0) is 6.07 Å². The SMILES string of the molecule is NNC(=O)c1ccoc1COc1cncc(Cl)c1. The normalized spacial score (nSPS) is 10.1. The molecule has 2 heterocycles. The molecular formula is C11H10ClN3O3. The van der Waals surface area contributed by atoms with Crippen LogP contribution in [0.15, 0.2) is 35.2 Å². The summed E-state index contributed by atoms with van der Waals surface area (Å²) >= 11 is 5.76. The molecule has 1 amide bonds. The molecule has 0 radical (unpaired) electrons. The third-order valence-corrected chi connectivity index (χ3v) is 2.38. The van der Waals surface area contributed by atoms with Crippen molar-refractivity contribution in [3.63, 3.8) is 0 Å². The summed E-state index contributed by atoms with van der Waals surface area (Å²) in [4.78, 5) is 15.2. The molecule has 2 aromatic heterocycles. The Morgan fingerprint density at radius 3 is 3.11 bits per heavy atom. The molecule has 0 unspecified atom stereocenters. The Bertz CT molecular complexity index is 556. The lowest BCUT2D eigenvalue weighted by atomic mass is 10.2. The van der Waals surface area contributed by atoms with Crippen molar-refractivity contribution in [3.8, 4) is 5.75 Å². The van der Waals surface area contributed by atoms with Crippen molar-refractivity contribution in [2.75, 3.05) is 0 Å². The number of hydrazine groups is 1. The summed E-state index contributed by atoms with van der Waals surface area (Å²) in [5.41, 5.74) is 2.35. The maximum atomic E-state index is 11.4. The highest BCUT2D eigenvalue weighted by Gasteiger charge is 2.14. The van der Waals surface area contributed by atoms with Gasteiger partial charge < -0.3 is 9.15 Å². The van der Waals surface area contributed by atoms with E-state index in [2.05, 4.69) is 4.98 Å². The molecule has 0 fully saturated rings. The zero-order valence-electron chi connectivity index (χ0n) is 9.22. The number of hydrogen-bond acceptors (Lipinski definition) is 5. The molecular weight excluding hydrogens is 258 g/mol. The fourth-order valence-corrected chi connectivity index (χ4v) is 1.52. The van der Waals surface area contributed by atoms with E-state index in [-0.39, 0.29) is 6.61 Å². The first-order valence-corrected chi connectivity index (χ1v) is 5.39. The van der Waals surface area contributed by atoms with Gasteiger partial charge in [-0.2, -0.15) is 0 Å². The highest BCUT2D eigenvalue weighted by atomic mass is 35.5. The molecule has 0 aliphatic rings. The van der Waals surface area contributed by atoms with Crippen LogP contribution in [-0.4, -0.2) is 10.9 Å². The monoisotopic (exact) mass is 267 g/mol. The largest absolute Gasteiger partial charge is 0.484 e. The predicted molar refractivity (Wildman–Crippen MR) is 63.9 cm³/mol. The lowest BCUT2D eigenvalue weighted by Gasteiger charge is -2.05. The van der Waals surface area contributed by atoms with E-state index >= 15 is 0 Å². The second kappa shape index (κ2) is 5.52. The minimum Gasteiger partial charge on any atom is -0.484 e. The van der Waals surface area contributed by atoms with Crippen LogP contribution in [0.5, 0.6) is 5.75 Å². The molecule has 0 aliphatic heterocycles. The molecule has 0 saturated carbocycles. The number of rotatable bonds is 4. The van der Waals surface area contributed by atoms with Gasteiger partial charge in [0.25, 0.3) is 5.91 Å². The number of hydrogen-bond donors (Lipinski definition) is 2. The molecule has 7 heteroatoms. The van der Waals surface area contributed by atoms with Crippen molar-refractivity contribution in [2.45, 2.75) is 6.61 Å². The van der Waals surface area contributed by atoms with Gasteiger partial charge in [-0.3, -0.25) is 15.2 Å². The first-order chi connectivity index (χ1) is 8.70. The molecule has 0 aliphatic carbocycles. The van der Waals surface area contributed by atoms with Crippen molar-refractivity contribution in [1.29, 1.82) is 0 Å². The average molecular weight is 268 g/mol. The molecule has 0 spiro atoms. The van der Waals surface area contributed by atoms with Gasteiger partial charge in [0.2, 0.25) is 0 Å². The Balaban J connectivity index is 2.07. The smallest absolute Gasteiger partial charge is 0.268 e. The fourth-order valence-electron chi connectivity index (χ4n) is 1.35. The number of furan rings is 1. The molecule has 3 N–H and O–H groups in total. The zero-order chi connectivity index (χ0) is 13.0. The Labute approximate surface area is 108 Å². The summed E-state index contributed by atoms with van der Waals surface area (Å²) in [7, 11) is 0. The van der Waals surface area contributed by atoms with E-state index in [0.717, 1.165) is 0 Å². The Morgan fingerprint density at radius 2 is 2.39 bits per heavy atom. The van der Waals surface area contributed by atoms with Gasteiger partial charge in [0, 0.05) is 12.3 Å². The summed E-state index contributed by atoms with van der Waals surface area (Å²) in [6.07, 6.45) is 4.39. The van der Waals surface area contributed by atoms with Gasteiger partial charge >= 0.3 is 0 Å². The van der Waals surface area contributed by atoms with Crippen LogP contribution in [-0.2, 0) is 6.61 Å². The molecule has 0 saturated heterocycles. The van der Waals surface area contributed by atoms with Crippen LogP contribution >= 0.6 is 11.6 Å². The maximum Gasteiger partial charge on any atom is 0.268 e. The number of nitrogens with zero attached hydrogens (tertiary/aromatic N) is 1. The minimum absolute atomic E-state index is 0.0811. The Kier molecular flexibility index (Phi) is 3.81.